The van der Waals surface area contributed by atoms with Crippen LogP contribution in [0.15, 0.2) is 18.2 Å². The molecule has 1 rings (SSSR count). The molecule has 1 unspecified atom stereocenters. The molecule has 3 N–H and O–H groups in total. The van der Waals surface area contributed by atoms with Crippen molar-refractivity contribution in [2.45, 2.75) is 32.8 Å². The zero-order valence-electron chi connectivity index (χ0n) is 12.4. The van der Waals surface area contributed by atoms with Gasteiger partial charge in [0, 0.05) is 12.6 Å². The van der Waals surface area contributed by atoms with E-state index in [0.717, 1.165) is 12.0 Å². The molecular weight excluding hydrogens is 256 g/mol. The Morgan fingerprint density at radius 2 is 2.20 bits per heavy atom. The van der Waals surface area contributed by atoms with E-state index in [1.165, 1.54) is 0 Å². The van der Waals surface area contributed by atoms with Gasteiger partial charge in [0.15, 0.2) is 6.10 Å². The predicted molar refractivity (Wildman–Crippen MR) is 79.1 cm³/mol. The Hall–Kier alpha value is -1.75. The van der Waals surface area contributed by atoms with Crippen LogP contribution in [0.25, 0.3) is 0 Å². The SMILES string of the molecule is CCCNC(=O)C(C)Oc1cc(OC)ccc1CCN. The number of hydrogen-bond acceptors (Lipinski definition) is 4. The van der Waals surface area contributed by atoms with Crippen LogP contribution in [-0.4, -0.2) is 32.2 Å². The van der Waals surface area contributed by atoms with Crippen molar-refractivity contribution in [2.75, 3.05) is 20.2 Å². The van der Waals surface area contributed by atoms with Gasteiger partial charge in [-0.1, -0.05) is 13.0 Å². The molecule has 0 bridgehead atoms. The molecule has 0 aromatic heterocycles. The van der Waals surface area contributed by atoms with Gasteiger partial charge in [-0.05, 0) is 37.9 Å². The van der Waals surface area contributed by atoms with E-state index >= 15 is 0 Å². The molecule has 112 valence electrons. The van der Waals surface area contributed by atoms with Crippen LogP contribution in [0.4, 0.5) is 0 Å². The second kappa shape index (κ2) is 8.43. The fraction of sp³-hybridized carbons (Fsp3) is 0.533. The molecule has 1 amide bonds. The van der Waals surface area contributed by atoms with Gasteiger partial charge >= 0.3 is 0 Å². The van der Waals surface area contributed by atoms with Crippen molar-refractivity contribution in [1.29, 1.82) is 0 Å². The summed E-state index contributed by atoms with van der Waals surface area (Å²) in [6.45, 7) is 4.92. The minimum atomic E-state index is -0.551. The van der Waals surface area contributed by atoms with Crippen LogP contribution in [0, 0.1) is 0 Å². The summed E-state index contributed by atoms with van der Waals surface area (Å²) in [5.41, 5.74) is 6.57. The average molecular weight is 280 g/mol. The molecule has 5 heteroatoms. The average Bonchev–Trinajstić information content (AvgIpc) is 2.46. The minimum absolute atomic E-state index is 0.117. The van der Waals surface area contributed by atoms with Gasteiger partial charge in [-0.25, -0.2) is 0 Å². The van der Waals surface area contributed by atoms with Gasteiger partial charge in [-0.15, -0.1) is 0 Å². The molecule has 0 heterocycles. The number of benzene rings is 1. The predicted octanol–water partition coefficient (Wildman–Crippen LogP) is 1.49. The smallest absolute Gasteiger partial charge is 0.260 e. The van der Waals surface area contributed by atoms with E-state index in [1.807, 2.05) is 19.1 Å². The number of ether oxygens (including phenoxy) is 2. The van der Waals surface area contributed by atoms with E-state index in [2.05, 4.69) is 5.32 Å². The largest absolute Gasteiger partial charge is 0.497 e. The highest BCUT2D eigenvalue weighted by molar-refractivity contribution is 5.80. The number of nitrogens with two attached hydrogens (primary N) is 1. The third-order valence-corrected chi connectivity index (χ3v) is 2.91. The lowest BCUT2D eigenvalue weighted by Crippen LogP contribution is -2.36. The quantitative estimate of drug-likeness (QED) is 0.756. The third kappa shape index (κ3) is 4.74. The highest BCUT2D eigenvalue weighted by Gasteiger charge is 2.16. The second-order valence-corrected chi connectivity index (χ2v) is 4.56. The van der Waals surface area contributed by atoms with Gasteiger partial charge in [0.25, 0.3) is 5.91 Å². The van der Waals surface area contributed by atoms with Crippen molar-refractivity contribution < 1.29 is 14.3 Å². The summed E-state index contributed by atoms with van der Waals surface area (Å²) >= 11 is 0. The monoisotopic (exact) mass is 280 g/mol. The number of carbonyl (C=O) groups is 1. The standard InChI is InChI=1S/C15H24N2O3/c1-4-9-17-15(18)11(2)20-14-10-13(19-3)6-5-12(14)7-8-16/h5-6,10-11H,4,7-9,16H2,1-3H3,(H,17,18). The Labute approximate surface area is 120 Å². The third-order valence-electron chi connectivity index (χ3n) is 2.91. The Kier molecular flexibility index (Phi) is 6.87. The highest BCUT2D eigenvalue weighted by atomic mass is 16.5. The van der Waals surface area contributed by atoms with Crippen molar-refractivity contribution in [2.24, 2.45) is 5.73 Å². The normalized spacial score (nSPS) is 11.8. The first-order valence-electron chi connectivity index (χ1n) is 6.93. The first-order chi connectivity index (χ1) is 9.62. The van der Waals surface area contributed by atoms with Gasteiger partial charge in [0.05, 0.1) is 7.11 Å². The molecular formula is C15H24N2O3. The molecule has 1 aromatic rings. The summed E-state index contributed by atoms with van der Waals surface area (Å²) in [4.78, 5) is 11.8. The topological polar surface area (TPSA) is 73.6 Å². The first-order valence-corrected chi connectivity index (χ1v) is 6.93. The zero-order valence-corrected chi connectivity index (χ0v) is 12.4. The summed E-state index contributed by atoms with van der Waals surface area (Å²) in [5.74, 6) is 1.23. The summed E-state index contributed by atoms with van der Waals surface area (Å²) in [7, 11) is 1.60. The molecule has 0 aliphatic heterocycles. The molecule has 0 saturated carbocycles. The van der Waals surface area contributed by atoms with Crippen LogP contribution in [0.2, 0.25) is 0 Å². The van der Waals surface area contributed by atoms with Crippen LogP contribution in [-0.2, 0) is 11.2 Å². The molecule has 0 radical (unpaired) electrons. The van der Waals surface area contributed by atoms with E-state index in [9.17, 15) is 4.79 Å². The number of carbonyl (C=O) groups excluding carboxylic acids is 1. The van der Waals surface area contributed by atoms with E-state index in [1.54, 1.807) is 20.1 Å². The Morgan fingerprint density at radius 3 is 2.80 bits per heavy atom. The van der Waals surface area contributed by atoms with Gasteiger partial charge in [-0.3, -0.25) is 4.79 Å². The van der Waals surface area contributed by atoms with Crippen molar-refractivity contribution in [3.8, 4) is 11.5 Å². The van der Waals surface area contributed by atoms with E-state index in [-0.39, 0.29) is 5.91 Å². The zero-order chi connectivity index (χ0) is 15.0. The maximum Gasteiger partial charge on any atom is 0.260 e. The molecule has 0 fully saturated rings. The van der Waals surface area contributed by atoms with E-state index < -0.39 is 6.10 Å². The maximum atomic E-state index is 11.8. The van der Waals surface area contributed by atoms with Crippen LogP contribution < -0.4 is 20.5 Å². The fourth-order valence-electron chi connectivity index (χ4n) is 1.77. The first kappa shape index (κ1) is 16.3. The minimum Gasteiger partial charge on any atom is -0.497 e. The molecule has 1 atom stereocenters. The number of rotatable bonds is 8. The molecule has 0 spiro atoms. The lowest BCUT2D eigenvalue weighted by atomic mass is 10.1. The summed E-state index contributed by atoms with van der Waals surface area (Å²) in [5, 5.41) is 2.81. The lowest BCUT2D eigenvalue weighted by Gasteiger charge is -2.17. The van der Waals surface area contributed by atoms with Gasteiger partial charge < -0.3 is 20.5 Å². The van der Waals surface area contributed by atoms with Crippen molar-refractivity contribution in [3.05, 3.63) is 23.8 Å². The lowest BCUT2D eigenvalue weighted by molar-refractivity contribution is -0.127. The Bertz CT molecular complexity index is 435. The van der Waals surface area contributed by atoms with Crippen LogP contribution >= 0.6 is 0 Å². The molecule has 0 aliphatic rings. The number of amides is 1. The van der Waals surface area contributed by atoms with Crippen LogP contribution in [0.1, 0.15) is 25.8 Å². The van der Waals surface area contributed by atoms with Crippen LogP contribution in [0.3, 0.4) is 0 Å². The number of hydrogen-bond donors (Lipinski definition) is 2. The van der Waals surface area contributed by atoms with Gasteiger partial charge in [0.2, 0.25) is 0 Å². The number of methoxy groups -OCH3 is 1. The van der Waals surface area contributed by atoms with Crippen molar-refractivity contribution in [1.82, 2.24) is 5.32 Å². The van der Waals surface area contributed by atoms with Gasteiger partial charge in [0.1, 0.15) is 11.5 Å². The van der Waals surface area contributed by atoms with Crippen molar-refractivity contribution >= 4 is 5.91 Å². The molecule has 5 nitrogen and oxygen atoms in total. The summed E-state index contributed by atoms with van der Waals surface area (Å²) in [6.07, 6.45) is 1.05. The van der Waals surface area contributed by atoms with Crippen molar-refractivity contribution in [3.63, 3.8) is 0 Å². The van der Waals surface area contributed by atoms with E-state index in [4.69, 9.17) is 15.2 Å². The summed E-state index contributed by atoms with van der Waals surface area (Å²) in [6, 6.07) is 5.56. The van der Waals surface area contributed by atoms with E-state index in [0.29, 0.717) is 31.0 Å². The Morgan fingerprint density at radius 1 is 1.45 bits per heavy atom. The molecule has 0 aliphatic carbocycles. The highest BCUT2D eigenvalue weighted by Crippen LogP contribution is 2.26. The molecule has 1 aromatic carbocycles. The second-order valence-electron chi connectivity index (χ2n) is 4.56. The fourth-order valence-corrected chi connectivity index (χ4v) is 1.77. The van der Waals surface area contributed by atoms with Gasteiger partial charge in [-0.2, -0.15) is 0 Å². The molecule has 20 heavy (non-hydrogen) atoms. The number of nitrogens with one attached hydrogen (secondary N) is 1. The Balaban J connectivity index is 2.80. The van der Waals surface area contributed by atoms with Crippen LogP contribution in [0.5, 0.6) is 11.5 Å². The summed E-state index contributed by atoms with van der Waals surface area (Å²) < 4.78 is 10.9. The maximum absolute atomic E-state index is 11.8. The molecule has 0 saturated heterocycles.